The highest BCUT2D eigenvalue weighted by molar-refractivity contribution is 5.82. The summed E-state index contributed by atoms with van der Waals surface area (Å²) >= 11 is 0. The summed E-state index contributed by atoms with van der Waals surface area (Å²) in [6.07, 6.45) is 4.03. The summed E-state index contributed by atoms with van der Waals surface area (Å²) in [6, 6.07) is 7.30. The molecule has 1 unspecified atom stereocenters. The zero-order chi connectivity index (χ0) is 30.2. The second-order valence-corrected chi connectivity index (χ2v) is 10.8. The first-order valence-electron chi connectivity index (χ1n) is 14.5. The summed E-state index contributed by atoms with van der Waals surface area (Å²) in [4.78, 5) is 52.7. The molecule has 5 N–H and O–H groups in total. The van der Waals surface area contributed by atoms with Crippen molar-refractivity contribution in [3.63, 3.8) is 0 Å². The zero-order valence-electron chi connectivity index (χ0n) is 24.3. The van der Waals surface area contributed by atoms with E-state index in [-0.39, 0.29) is 49.2 Å². The molecule has 0 bridgehead atoms. The van der Waals surface area contributed by atoms with Crippen molar-refractivity contribution in [1.29, 1.82) is 0 Å². The molecule has 0 aliphatic carbocycles. The number of unbranched alkanes of at least 4 members (excludes halogenated alkanes) is 1. The summed E-state index contributed by atoms with van der Waals surface area (Å²) in [5, 5.41) is 19.0. The minimum atomic E-state index is -0.900. The number of nitrogen functional groups attached to an aromatic ring is 1. The number of anilines is 1. The molecular formula is C29H41N7O6. The average Bonchev–Trinajstić information content (AvgIpc) is 3.56. The van der Waals surface area contributed by atoms with Crippen molar-refractivity contribution in [3.8, 4) is 6.01 Å². The molecule has 1 amide bonds. The Kier molecular flexibility index (Phi) is 10.5. The van der Waals surface area contributed by atoms with Gasteiger partial charge in [-0.15, -0.1) is 0 Å². The Morgan fingerprint density at radius 2 is 2.00 bits per heavy atom. The molecule has 2 aromatic heterocycles. The second-order valence-electron chi connectivity index (χ2n) is 10.8. The van der Waals surface area contributed by atoms with E-state index >= 15 is 0 Å². The van der Waals surface area contributed by atoms with Crippen LogP contribution in [0, 0.1) is 0 Å². The number of hydrogen-bond acceptors (Lipinski definition) is 9. The van der Waals surface area contributed by atoms with Crippen LogP contribution >= 0.6 is 0 Å². The highest BCUT2D eigenvalue weighted by atomic mass is 16.5. The number of H-pyrrole nitrogens is 1. The van der Waals surface area contributed by atoms with Crippen molar-refractivity contribution in [2.24, 2.45) is 0 Å². The first-order valence-corrected chi connectivity index (χ1v) is 14.5. The Labute approximate surface area is 244 Å². The number of aromatic nitrogens is 4. The first-order chi connectivity index (χ1) is 20.2. The Morgan fingerprint density at radius 3 is 2.69 bits per heavy atom. The number of aryl methyl sites for hydroxylation is 1. The van der Waals surface area contributed by atoms with Gasteiger partial charge in [-0.25, -0.2) is 4.79 Å². The number of ether oxygens (including phenoxy) is 1. The second kappa shape index (κ2) is 14.3. The van der Waals surface area contributed by atoms with Gasteiger partial charge in [0.15, 0.2) is 11.5 Å². The Morgan fingerprint density at radius 1 is 1.24 bits per heavy atom. The van der Waals surface area contributed by atoms with Crippen LogP contribution in [0.4, 0.5) is 5.82 Å². The predicted molar refractivity (Wildman–Crippen MR) is 157 cm³/mol. The molecule has 1 fully saturated rings. The van der Waals surface area contributed by atoms with E-state index in [1.807, 2.05) is 24.0 Å². The lowest BCUT2D eigenvalue weighted by Gasteiger charge is -2.28. The number of benzene rings is 1. The van der Waals surface area contributed by atoms with Crippen molar-refractivity contribution in [3.05, 3.63) is 45.9 Å². The summed E-state index contributed by atoms with van der Waals surface area (Å²) in [6.45, 7) is 6.04. The van der Waals surface area contributed by atoms with Crippen LogP contribution in [-0.2, 0) is 22.7 Å². The number of fused-ring (bicyclic) bond motifs is 1. The van der Waals surface area contributed by atoms with E-state index in [0.29, 0.717) is 42.8 Å². The molecular weight excluding hydrogens is 542 g/mol. The summed E-state index contributed by atoms with van der Waals surface area (Å²) in [7, 11) is 0. The van der Waals surface area contributed by atoms with Gasteiger partial charge in [-0.1, -0.05) is 37.6 Å². The average molecular weight is 584 g/mol. The Bertz CT molecular complexity index is 1420. The molecule has 2 atom stereocenters. The number of aliphatic carboxylic acids is 1. The van der Waals surface area contributed by atoms with Gasteiger partial charge in [0.05, 0.1) is 25.7 Å². The maximum absolute atomic E-state index is 13.5. The number of carboxylic acids is 1. The molecule has 13 heteroatoms. The summed E-state index contributed by atoms with van der Waals surface area (Å²) in [5.41, 5.74) is 7.94. The number of likely N-dealkylation sites (tertiary alicyclic amines) is 1. The number of aliphatic hydroxyl groups excluding tert-OH is 1. The molecule has 13 nitrogen and oxygen atoms in total. The molecule has 228 valence electrons. The van der Waals surface area contributed by atoms with Crippen LogP contribution in [0.15, 0.2) is 29.1 Å². The van der Waals surface area contributed by atoms with E-state index in [0.717, 1.165) is 37.8 Å². The quantitative estimate of drug-likeness (QED) is 0.193. The van der Waals surface area contributed by atoms with E-state index < -0.39 is 11.9 Å². The number of nitrogens with one attached hydrogen (secondary N) is 1. The van der Waals surface area contributed by atoms with Crippen molar-refractivity contribution in [2.75, 3.05) is 38.6 Å². The highest BCUT2D eigenvalue weighted by Gasteiger charge is 2.27. The van der Waals surface area contributed by atoms with Crippen LogP contribution in [0.2, 0.25) is 0 Å². The van der Waals surface area contributed by atoms with Gasteiger partial charge >= 0.3 is 17.7 Å². The monoisotopic (exact) mass is 583 g/mol. The summed E-state index contributed by atoms with van der Waals surface area (Å²) in [5.74, 6) is -1.48. The number of imidazole rings is 1. The van der Waals surface area contributed by atoms with Gasteiger partial charge in [-0.05, 0) is 50.3 Å². The van der Waals surface area contributed by atoms with Gasteiger partial charge in [0.1, 0.15) is 5.52 Å². The highest BCUT2D eigenvalue weighted by Crippen LogP contribution is 2.21. The number of nitrogens with zero attached hydrogens (tertiary/aromatic N) is 5. The van der Waals surface area contributed by atoms with Gasteiger partial charge in [-0.3, -0.25) is 19.1 Å². The fourth-order valence-corrected chi connectivity index (χ4v) is 5.18. The molecule has 1 aliphatic rings. The largest absolute Gasteiger partial charge is 0.481 e. The fraction of sp³-hybridized carbons (Fsp3) is 0.552. The van der Waals surface area contributed by atoms with Gasteiger partial charge in [-0.2, -0.15) is 9.97 Å². The first kappa shape index (κ1) is 31.0. The number of amides is 1. The minimum absolute atomic E-state index is 0.00905. The number of carbonyl (C=O) groups is 2. The standard InChI is InChI=1S/C29H41N7O6/c1-3-4-15-42-28-32-25(30)24-26(33-28)36(29(41)31-24)14-6-13-35(23(38)17-34-12-5-7-22(34)18-37)16-20-8-10-21(11-9-20)19(2)27(39)40/h8-11,19,22,37H,3-7,12-18H2,1-2H3,(H,31,41)(H,39,40)(H2,30,32,33)/t19?,22-/m0/s1. The van der Waals surface area contributed by atoms with E-state index in [1.54, 1.807) is 24.0 Å². The molecule has 3 aromatic rings. The zero-order valence-corrected chi connectivity index (χ0v) is 24.3. The Hall–Kier alpha value is -3.97. The minimum Gasteiger partial charge on any atom is -0.481 e. The number of carboxylic acid groups (broad SMARTS) is 1. The van der Waals surface area contributed by atoms with Gasteiger partial charge < -0.3 is 30.6 Å². The van der Waals surface area contributed by atoms with Crippen molar-refractivity contribution in [1.82, 2.24) is 29.3 Å². The molecule has 4 rings (SSSR count). The van der Waals surface area contributed by atoms with Crippen LogP contribution in [-0.4, -0.2) is 90.3 Å². The number of carbonyl (C=O) groups excluding carboxylic acids is 1. The lowest BCUT2D eigenvalue weighted by Crippen LogP contribution is -2.43. The smallest absolute Gasteiger partial charge is 0.327 e. The maximum atomic E-state index is 13.5. The topological polar surface area (TPSA) is 180 Å². The van der Waals surface area contributed by atoms with Crippen LogP contribution in [0.5, 0.6) is 6.01 Å². The molecule has 0 spiro atoms. The van der Waals surface area contributed by atoms with Crippen molar-refractivity contribution in [2.45, 2.75) is 71.0 Å². The van der Waals surface area contributed by atoms with E-state index in [2.05, 4.69) is 15.0 Å². The fourth-order valence-electron chi connectivity index (χ4n) is 5.18. The lowest BCUT2D eigenvalue weighted by molar-refractivity contribution is -0.138. The SMILES string of the molecule is CCCCOc1nc(N)c2[nH]c(=O)n(CCCN(Cc3ccc(C(C)C(=O)O)cc3)C(=O)CN3CCC[C@H]3CO)c2n1. The molecule has 3 heterocycles. The van der Waals surface area contributed by atoms with E-state index in [4.69, 9.17) is 10.5 Å². The number of nitrogens with two attached hydrogens (primary N) is 1. The Balaban J connectivity index is 1.50. The van der Waals surface area contributed by atoms with Crippen molar-refractivity contribution < 1.29 is 24.5 Å². The van der Waals surface area contributed by atoms with Crippen LogP contribution in [0.25, 0.3) is 11.2 Å². The van der Waals surface area contributed by atoms with Crippen LogP contribution < -0.4 is 16.2 Å². The molecule has 1 aliphatic heterocycles. The van der Waals surface area contributed by atoms with Crippen LogP contribution in [0.1, 0.15) is 63.0 Å². The number of aromatic amines is 1. The molecule has 0 radical (unpaired) electrons. The molecule has 42 heavy (non-hydrogen) atoms. The maximum Gasteiger partial charge on any atom is 0.327 e. The van der Waals surface area contributed by atoms with E-state index in [1.165, 1.54) is 4.57 Å². The normalized spacial score (nSPS) is 16.1. The van der Waals surface area contributed by atoms with E-state index in [9.17, 15) is 24.6 Å². The van der Waals surface area contributed by atoms with Gasteiger partial charge in [0.2, 0.25) is 5.91 Å². The number of aliphatic hydroxyl groups is 1. The molecule has 1 saturated heterocycles. The van der Waals surface area contributed by atoms with Gasteiger partial charge in [0, 0.05) is 25.7 Å². The molecule has 0 saturated carbocycles. The third-order valence-corrected chi connectivity index (χ3v) is 7.79. The summed E-state index contributed by atoms with van der Waals surface area (Å²) < 4.78 is 7.10. The number of rotatable bonds is 15. The van der Waals surface area contributed by atoms with Crippen LogP contribution in [0.3, 0.4) is 0 Å². The van der Waals surface area contributed by atoms with Crippen molar-refractivity contribution >= 4 is 28.9 Å². The number of hydrogen-bond donors (Lipinski definition) is 4. The molecule has 1 aromatic carbocycles. The third kappa shape index (κ3) is 7.45. The third-order valence-electron chi connectivity index (χ3n) is 7.79. The predicted octanol–water partition coefficient (Wildman–Crippen LogP) is 1.94. The lowest BCUT2D eigenvalue weighted by atomic mass is 10.00. The van der Waals surface area contributed by atoms with Gasteiger partial charge in [0.25, 0.3) is 0 Å².